The number of nitrogens with one attached hydrogen (secondary N) is 1. The highest BCUT2D eigenvalue weighted by atomic mass is 15.0. The zero-order valence-corrected chi connectivity index (χ0v) is 7.83. The van der Waals surface area contributed by atoms with Crippen molar-refractivity contribution in [2.24, 2.45) is 0 Å². The molecule has 1 N–H and O–H groups in total. The van der Waals surface area contributed by atoms with Crippen LogP contribution in [0.1, 0.15) is 18.2 Å². The Morgan fingerprint density at radius 2 is 2.29 bits per heavy atom. The van der Waals surface area contributed by atoms with Gasteiger partial charge in [0.15, 0.2) is 0 Å². The van der Waals surface area contributed by atoms with Gasteiger partial charge in [0.05, 0.1) is 17.3 Å². The summed E-state index contributed by atoms with van der Waals surface area (Å²) in [6, 6.07) is 13.8. The minimum atomic E-state index is 0.472. The molecule has 0 aliphatic carbocycles. The smallest absolute Gasteiger partial charge is 0.0712 e. The van der Waals surface area contributed by atoms with Crippen LogP contribution in [0, 0.1) is 6.07 Å². The molecule has 2 heteroatoms. The van der Waals surface area contributed by atoms with Crippen molar-refractivity contribution in [3.05, 3.63) is 42.1 Å². The van der Waals surface area contributed by atoms with Crippen LogP contribution < -0.4 is 5.32 Å². The minimum absolute atomic E-state index is 0.472. The van der Waals surface area contributed by atoms with E-state index in [0.29, 0.717) is 6.04 Å². The van der Waals surface area contributed by atoms with Gasteiger partial charge in [0.25, 0.3) is 0 Å². The van der Waals surface area contributed by atoms with E-state index in [4.69, 9.17) is 0 Å². The molecule has 0 saturated carbocycles. The van der Waals surface area contributed by atoms with E-state index in [-0.39, 0.29) is 0 Å². The van der Waals surface area contributed by atoms with Gasteiger partial charge in [-0.15, -0.1) is 0 Å². The Bertz CT molecular complexity index is 461. The lowest BCUT2D eigenvalue weighted by Gasteiger charge is -2.27. The van der Waals surface area contributed by atoms with Gasteiger partial charge < -0.3 is 5.32 Å². The highest BCUT2D eigenvalue weighted by molar-refractivity contribution is 5.77. The van der Waals surface area contributed by atoms with E-state index in [9.17, 15) is 0 Å². The van der Waals surface area contributed by atoms with Gasteiger partial charge in [0, 0.05) is 5.39 Å². The number of fused-ring (bicyclic) bond motifs is 1. The third kappa shape index (κ3) is 1.19. The van der Waals surface area contributed by atoms with Crippen LogP contribution in [0.25, 0.3) is 10.9 Å². The van der Waals surface area contributed by atoms with Crippen molar-refractivity contribution in [2.75, 3.05) is 6.54 Å². The van der Waals surface area contributed by atoms with E-state index in [1.807, 2.05) is 18.2 Å². The topological polar surface area (TPSA) is 24.9 Å². The highest BCUT2D eigenvalue weighted by Gasteiger charge is 2.19. The summed E-state index contributed by atoms with van der Waals surface area (Å²) in [5.74, 6) is 0. The van der Waals surface area contributed by atoms with Crippen molar-refractivity contribution in [1.82, 2.24) is 10.3 Å². The Kier molecular flexibility index (Phi) is 1.74. The maximum absolute atomic E-state index is 4.60. The van der Waals surface area contributed by atoms with Crippen molar-refractivity contribution in [2.45, 2.75) is 12.5 Å². The molecule has 69 valence electrons. The highest BCUT2D eigenvalue weighted by Crippen LogP contribution is 2.22. The predicted molar refractivity (Wildman–Crippen MR) is 55.9 cm³/mol. The molecule has 1 unspecified atom stereocenters. The lowest BCUT2D eigenvalue weighted by Crippen LogP contribution is -2.35. The van der Waals surface area contributed by atoms with Crippen LogP contribution in [0.2, 0.25) is 0 Å². The minimum Gasteiger partial charge on any atom is -0.309 e. The van der Waals surface area contributed by atoms with E-state index in [1.165, 1.54) is 6.42 Å². The van der Waals surface area contributed by atoms with Crippen LogP contribution in [-0.2, 0) is 0 Å². The Morgan fingerprint density at radius 1 is 1.36 bits per heavy atom. The van der Waals surface area contributed by atoms with E-state index in [2.05, 4.69) is 28.5 Å². The summed E-state index contributed by atoms with van der Waals surface area (Å²) in [6.45, 7) is 1.12. The van der Waals surface area contributed by atoms with Crippen LogP contribution in [0.15, 0.2) is 30.3 Å². The van der Waals surface area contributed by atoms with Gasteiger partial charge in [-0.2, -0.15) is 0 Å². The molecule has 1 saturated heterocycles. The average Bonchev–Trinajstić information content (AvgIpc) is 2.15. The maximum atomic E-state index is 4.60. The molecule has 1 atom stereocenters. The molecule has 14 heavy (non-hydrogen) atoms. The first-order chi connectivity index (χ1) is 6.93. The number of pyridine rings is 1. The van der Waals surface area contributed by atoms with Gasteiger partial charge in [-0.05, 0) is 31.2 Å². The largest absolute Gasteiger partial charge is 0.309 e. The van der Waals surface area contributed by atoms with Crippen molar-refractivity contribution in [3.63, 3.8) is 0 Å². The first-order valence-electron chi connectivity index (χ1n) is 4.94. The summed E-state index contributed by atoms with van der Waals surface area (Å²) >= 11 is 0. The van der Waals surface area contributed by atoms with Crippen LogP contribution in [0.4, 0.5) is 0 Å². The van der Waals surface area contributed by atoms with Crippen molar-refractivity contribution < 1.29 is 0 Å². The van der Waals surface area contributed by atoms with Crippen LogP contribution >= 0.6 is 0 Å². The zero-order chi connectivity index (χ0) is 9.38. The first kappa shape index (κ1) is 7.94. The molecule has 0 bridgehead atoms. The summed E-state index contributed by atoms with van der Waals surface area (Å²) in [6.07, 6.45) is 1.20. The number of hydrogen-bond acceptors (Lipinski definition) is 2. The van der Waals surface area contributed by atoms with E-state index in [0.717, 1.165) is 23.1 Å². The number of nitrogens with zero attached hydrogens (tertiary/aromatic N) is 1. The fraction of sp³-hybridized carbons (Fsp3) is 0.250. The van der Waals surface area contributed by atoms with Gasteiger partial charge in [0.1, 0.15) is 0 Å². The second-order valence-corrected chi connectivity index (χ2v) is 3.63. The van der Waals surface area contributed by atoms with E-state index in [1.54, 1.807) is 0 Å². The Morgan fingerprint density at radius 3 is 3.07 bits per heavy atom. The third-order valence-electron chi connectivity index (χ3n) is 2.72. The lowest BCUT2D eigenvalue weighted by atomic mass is 10.0. The Labute approximate surface area is 83.0 Å². The SMILES string of the molecule is [c]1cccc2nc(C3CCN3)ccc12. The molecule has 1 aromatic carbocycles. The molecule has 2 nitrogen and oxygen atoms in total. The van der Waals surface area contributed by atoms with Gasteiger partial charge in [0.2, 0.25) is 0 Å². The van der Waals surface area contributed by atoms with E-state index < -0.39 is 0 Å². The molecule has 1 fully saturated rings. The first-order valence-corrected chi connectivity index (χ1v) is 4.94. The molecule has 1 radical (unpaired) electrons. The summed E-state index contributed by atoms with van der Waals surface area (Å²) in [4.78, 5) is 4.60. The second-order valence-electron chi connectivity index (χ2n) is 3.63. The molecule has 3 rings (SSSR count). The maximum Gasteiger partial charge on any atom is 0.0712 e. The number of hydrogen-bond donors (Lipinski definition) is 1. The molecule has 1 aromatic heterocycles. The van der Waals surface area contributed by atoms with Crippen molar-refractivity contribution in [3.8, 4) is 0 Å². The number of benzene rings is 1. The summed E-state index contributed by atoms with van der Waals surface area (Å²) in [5, 5.41) is 4.45. The zero-order valence-electron chi connectivity index (χ0n) is 7.83. The summed E-state index contributed by atoms with van der Waals surface area (Å²) in [7, 11) is 0. The molecular weight excluding hydrogens is 172 g/mol. The van der Waals surface area contributed by atoms with Gasteiger partial charge in [-0.1, -0.05) is 18.2 Å². The molecule has 2 aromatic rings. The van der Waals surface area contributed by atoms with Gasteiger partial charge in [-0.3, -0.25) is 4.98 Å². The molecule has 0 spiro atoms. The number of rotatable bonds is 1. The van der Waals surface area contributed by atoms with Crippen molar-refractivity contribution >= 4 is 10.9 Å². The van der Waals surface area contributed by atoms with Crippen molar-refractivity contribution in [1.29, 1.82) is 0 Å². The monoisotopic (exact) mass is 183 g/mol. The molecule has 1 aliphatic rings. The van der Waals surface area contributed by atoms with Crippen LogP contribution in [0.3, 0.4) is 0 Å². The quantitative estimate of drug-likeness (QED) is 0.732. The Hall–Kier alpha value is -1.41. The molecule has 2 heterocycles. The fourth-order valence-electron chi connectivity index (χ4n) is 1.75. The summed E-state index contributed by atoms with van der Waals surface area (Å²) < 4.78 is 0. The van der Waals surface area contributed by atoms with Gasteiger partial charge in [-0.25, -0.2) is 0 Å². The Balaban J connectivity index is 2.10. The number of aromatic nitrogens is 1. The third-order valence-corrected chi connectivity index (χ3v) is 2.72. The molecule has 1 aliphatic heterocycles. The second kappa shape index (κ2) is 3.07. The summed E-state index contributed by atoms with van der Waals surface area (Å²) in [5.41, 5.74) is 2.20. The average molecular weight is 183 g/mol. The lowest BCUT2D eigenvalue weighted by molar-refractivity contribution is 0.376. The molecule has 0 amide bonds. The van der Waals surface area contributed by atoms with Gasteiger partial charge >= 0.3 is 0 Å². The normalized spacial score (nSPS) is 20.7. The fourth-order valence-corrected chi connectivity index (χ4v) is 1.75. The predicted octanol–water partition coefficient (Wildman–Crippen LogP) is 2.07. The standard InChI is InChI=1S/C12H11N2/c1-2-4-10-9(3-1)5-6-12(14-10)11-7-8-13-11/h1-2,4-6,11,13H,7-8H2. The van der Waals surface area contributed by atoms with Crippen LogP contribution in [-0.4, -0.2) is 11.5 Å². The molecular formula is C12H11N2. The van der Waals surface area contributed by atoms with Crippen LogP contribution in [0.5, 0.6) is 0 Å². The van der Waals surface area contributed by atoms with E-state index >= 15 is 0 Å².